The molecule has 1 saturated heterocycles. The number of carbonyl (C=O) groups excluding carboxylic acids is 1. The maximum Gasteiger partial charge on any atom is 0.254 e. The summed E-state index contributed by atoms with van der Waals surface area (Å²) < 4.78 is 18.4. The summed E-state index contributed by atoms with van der Waals surface area (Å²) in [7, 11) is 0. The summed E-state index contributed by atoms with van der Waals surface area (Å²) in [5.41, 5.74) is 0.580. The highest BCUT2D eigenvalue weighted by molar-refractivity contribution is 5.95. The third kappa shape index (κ3) is 2.58. The van der Waals surface area contributed by atoms with Crippen LogP contribution in [0.1, 0.15) is 29.2 Å². The van der Waals surface area contributed by atoms with E-state index >= 15 is 0 Å². The van der Waals surface area contributed by atoms with E-state index < -0.39 is 0 Å². The quantitative estimate of drug-likeness (QED) is 0.842. The number of amides is 1. The molecule has 1 amide bonds. The number of carbonyl (C=O) groups is 1. The van der Waals surface area contributed by atoms with E-state index in [1.54, 1.807) is 29.4 Å². The van der Waals surface area contributed by atoms with Crippen LogP contribution in [0.25, 0.3) is 0 Å². The number of aromatic nitrogens is 3. The molecule has 2 aliphatic heterocycles. The van der Waals surface area contributed by atoms with E-state index in [-0.39, 0.29) is 18.8 Å². The van der Waals surface area contributed by atoms with Crippen LogP contribution in [0, 0.1) is 0 Å². The highest BCUT2D eigenvalue weighted by atomic mass is 16.7. The lowest BCUT2D eigenvalue weighted by Crippen LogP contribution is -2.42. The average molecular weight is 330 g/mol. The molecule has 0 N–H and O–H groups in total. The van der Waals surface area contributed by atoms with Crippen molar-refractivity contribution < 1.29 is 19.0 Å². The Hall–Kier alpha value is -2.61. The molecule has 1 aromatic carbocycles. The molecule has 2 aliphatic rings. The van der Waals surface area contributed by atoms with Crippen LogP contribution in [0.5, 0.6) is 11.5 Å². The Morgan fingerprint density at radius 1 is 1.33 bits per heavy atom. The Kier molecular flexibility index (Phi) is 3.81. The summed E-state index contributed by atoms with van der Waals surface area (Å²) >= 11 is 0. The van der Waals surface area contributed by atoms with Gasteiger partial charge < -0.3 is 23.7 Å². The van der Waals surface area contributed by atoms with Crippen LogP contribution in [-0.4, -0.2) is 52.1 Å². The van der Waals surface area contributed by atoms with E-state index in [2.05, 4.69) is 10.2 Å². The highest BCUT2D eigenvalue weighted by Gasteiger charge is 2.29. The van der Waals surface area contributed by atoms with Crippen LogP contribution in [0.4, 0.5) is 0 Å². The van der Waals surface area contributed by atoms with Crippen molar-refractivity contribution in [3.63, 3.8) is 0 Å². The van der Waals surface area contributed by atoms with Gasteiger partial charge in [-0.05, 0) is 25.1 Å². The number of hydrogen-bond donors (Lipinski definition) is 0. The van der Waals surface area contributed by atoms with Gasteiger partial charge >= 0.3 is 0 Å². The lowest BCUT2D eigenvalue weighted by Gasteiger charge is -2.32. The first kappa shape index (κ1) is 14.9. The van der Waals surface area contributed by atoms with Crippen LogP contribution >= 0.6 is 0 Å². The molecule has 0 bridgehead atoms. The standard InChI is InChI=1S/C16H18N4O4/c1-2-19-9-17-18-15(19)14-8-20(5-6-22-14)16(21)11-3-4-12-13(7-11)24-10-23-12/h3-4,7,9,14H,2,5-6,8,10H2,1H3. The van der Waals surface area contributed by atoms with Gasteiger partial charge in [-0.25, -0.2) is 0 Å². The van der Waals surface area contributed by atoms with E-state index in [4.69, 9.17) is 14.2 Å². The summed E-state index contributed by atoms with van der Waals surface area (Å²) in [5.74, 6) is 1.98. The molecular formula is C16H18N4O4. The maximum absolute atomic E-state index is 12.8. The molecule has 2 aromatic rings. The van der Waals surface area contributed by atoms with Gasteiger partial charge in [-0.2, -0.15) is 0 Å². The lowest BCUT2D eigenvalue weighted by molar-refractivity contribution is -0.0284. The molecule has 3 heterocycles. The number of nitrogens with zero attached hydrogens (tertiary/aromatic N) is 4. The number of morpholine rings is 1. The molecule has 1 fully saturated rings. The van der Waals surface area contributed by atoms with E-state index in [9.17, 15) is 4.79 Å². The monoisotopic (exact) mass is 330 g/mol. The first-order valence-electron chi connectivity index (χ1n) is 7.94. The number of aryl methyl sites for hydroxylation is 1. The van der Waals surface area contributed by atoms with Crippen molar-refractivity contribution in [3.05, 3.63) is 35.9 Å². The molecule has 4 rings (SSSR count). The Morgan fingerprint density at radius 2 is 2.21 bits per heavy atom. The van der Waals surface area contributed by atoms with Gasteiger partial charge in [0.1, 0.15) is 12.4 Å². The van der Waals surface area contributed by atoms with Crippen molar-refractivity contribution in [2.45, 2.75) is 19.6 Å². The molecule has 1 aromatic heterocycles. The zero-order valence-corrected chi connectivity index (χ0v) is 13.3. The Bertz CT molecular complexity index is 760. The van der Waals surface area contributed by atoms with Gasteiger partial charge in [0, 0.05) is 18.7 Å². The van der Waals surface area contributed by atoms with Gasteiger partial charge in [0.25, 0.3) is 5.91 Å². The molecule has 0 aliphatic carbocycles. The molecule has 24 heavy (non-hydrogen) atoms. The van der Waals surface area contributed by atoms with E-state index in [0.29, 0.717) is 36.8 Å². The van der Waals surface area contributed by atoms with E-state index in [1.807, 2.05) is 11.5 Å². The largest absolute Gasteiger partial charge is 0.454 e. The predicted octanol–water partition coefficient (Wildman–Crippen LogP) is 1.24. The summed E-state index contributed by atoms with van der Waals surface area (Å²) in [5, 5.41) is 8.07. The molecule has 8 nitrogen and oxygen atoms in total. The van der Waals surface area contributed by atoms with Gasteiger partial charge in [0.15, 0.2) is 17.3 Å². The maximum atomic E-state index is 12.8. The third-order valence-corrected chi connectivity index (χ3v) is 4.25. The second-order valence-electron chi connectivity index (χ2n) is 5.65. The van der Waals surface area contributed by atoms with Crippen molar-refractivity contribution in [1.82, 2.24) is 19.7 Å². The Morgan fingerprint density at radius 3 is 3.08 bits per heavy atom. The second kappa shape index (κ2) is 6.12. The van der Waals surface area contributed by atoms with Gasteiger partial charge in [0.2, 0.25) is 6.79 Å². The Balaban J connectivity index is 1.52. The number of rotatable bonds is 3. The first-order valence-corrected chi connectivity index (χ1v) is 7.94. The Labute approximate surface area is 138 Å². The number of ether oxygens (including phenoxy) is 3. The molecule has 1 atom stereocenters. The van der Waals surface area contributed by atoms with Crippen LogP contribution in [-0.2, 0) is 11.3 Å². The van der Waals surface area contributed by atoms with Gasteiger partial charge in [0.05, 0.1) is 13.2 Å². The number of fused-ring (bicyclic) bond motifs is 1. The first-order chi connectivity index (χ1) is 11.8. The van der Waals surface area contributed by atoms with Crippen LogP contribution in [0.3, 0.4) is 0 Å². The molecule has 126 valence electrons. The van der Waals surface area contributed by atoms with Crippen molar-refractivity contribution in [2.75, 3.05) is 26.5 Å². The number of benzene rings is 1. The molecule has 1 unspecified atom stereocenters. The lowest BCUT2D eigenvalue weighted by atomic mass is 10.1. The van der Waals surface area contributed by atoms with Crippen molar-refractivity contribution in [3.8, 4) is 11.5 Å². The number of hydrogen-bond acceptors (Lipinski definition) is 6. The SMILES string of the molecule is CCn1cnnc1C1CN(C(=O)c2ccc3c(c2)OCO3)CCO1. The van der Waals surface area contributed by atoms with Crippen LogP contribution in [0.15, 0.2) is 24.5 Å². The van der Waals surface area contributed by atoms with Crippen molar-refractivity contribution >= 4 is 5.91 Å². The zero-order valence-electron chi connectivity index (χ0n) is 13.3. The summed E-state index contributed by atoms with van der Waals surface area (Å²) in [6.07, 6.45) is 1.41. The van der Waals surface area contributed by atoms with E-state index in [1.165, 1.54) is 0 Å². The second-order valence-corrected chi connectivity index (χ2v) is 5.65. The average Bonchev–Trinajstić information content (AvgIpc) is 3.29. The highest BCUT2D eigenvalue weighted by Crippen LogP contribution is 2.33. The van der Waals surface area contributed by atoms with Gasteiger partial charge in [-0.3, -0.25) is 4.79 Å². The summed E-state index contributed by atoms with van der Waals surface area (Å²) in [6, 6.07) is 5.25. The summed E-state index contributed by atoms with van der Waals surface area (Å²) in [4.78, 5) is 14.6. The van der Waals surface area contributed by atoms with E-state index in [0.717, 1.165) is 12.4 Å². The fourth-order valence-electron chi connectivity index (χ4n) is 2.96. The predicted molar refractivity (Wildman–Crippen MR) is 82.9 cm³/mol. The van der Waals surface area contributed by atoms with Crippen molar-refractivity contribution in [2.24, 2.45) is 0 Å². The summed E-state index contributed by atoms with van der Waals surface area (Å²) in [6.45, 7) is 4.44. The molecule has 8 heteroatoms. The molecule has 0 saturated carbocycles. The minimum absolute atomic E-state index is 0.0517. The topological polar surface area (TPSA) is 78.7 Å². The third-order valence-electron chi connectivity index (χ3n) is 4.25. The minimum atomic E-state index is -0.265. The normalized spacial score (nSPS) is 19.5. The van der Waals surface area contributed by atoms with Crippen LogP contribution in [0.2, 0.25) is 0 Å². The fraction of sp³-hybridized carbons (Fsp3) is 0.438. The van der Waals surface area contributed by atoms with Gasteiger partial charge in [-0.1, -0.05) is 0 Å². The molecular weight excluding hydrogens is 312 g/mol. The molecule has 0 radical (unpaired) electrons. The fourth-order valence-corrected chi connectivity index (χ4v) is 2.96. The van der Waals surface area contributed by atoms with Gasteiger partial charge in [-0.15, -0.1) is 10.2 Å². The smallest absolute Gasteiger partial charge is 0.254 e. The van der Waals surface area contributed by atoms with Crippen molar-refractivity contribution in [1.29, 1.82) is 0 Å². The zero-order chi connectivity index (χ0) is 16.5. The van der Waals surface area contributed by atoms with Crippen LogP contribution < -0.4 is 9.47 Å². The molecule has 0 spiro atoms. The minimum Gasteiger partial charge on any atom is -0.454 e.